The van der Waals surface area contributed by atoms with Gasteiger partial charge in [0.25, 0.3) is 5.91 Å². The molecule has 0 spiro atoms. The fourth-order valence-electron chi connectivity index (χ4n) is 3.42. The molecule has 11 heteroatoms. The van der Waals surface area contributed by atoms with Crippen molar-refractivity contribution < 1.29 is 28.9 Å². The molecular formula is C24H28N4O7. The third kappa shape index (κ3) is 7.46. The predicted octanol–water partition coefficient (Wildman–Crippen LogP) is 0.123. The molecule has 0 saturated carbocycles. The third-order valence-electron chi connectivity index (χ3n) is 5.21. The van der Waals surface area contributed by atoms with Crippen molar-refractivity contribution in [3.05, 3.63) is 57.6 Å². The maximum Gasteiger partial charge on any atom is 0.351 e. The van der Waals surface area contributed by atoms with Gasteiger partial charge in [-0.25, -0.2) is 4.79 Å². The first kappa shape index (κ1) is 26.1. The minimum Gasteiger partial charge on any atom is -0.394 e. The van der Waals surface area contributed by atoms with E-state index in [1.807, 2.05) is 0 Å². The third-order valence-corrected chi connectivity index (χ3v) is 5.21. The molecule has 0 radical (unpaired) electrons. The number of nitrogens with one attached hydrogen (secondary N) is 1. The normalized spacial score (nSPS) is 16.9. The van der Waals surface area contributed by atoms with Crippen LogP contribution in [0.25, 0.3) is 0 Å². The number of carbonyl (C=O) groups excluding carboxylic acids is 2. The molecule has 1 aliphatic rings. The Kier molecular flexibility index (Phi) is 9.94. The summed E-state index contributed by atoms with van der Waals surface area (Å²) in [7, 11) is 0. The van der Waals surface area contributed by atoms with Crippen molar-refractivity contribution in [1.82, 2.24) is 14.9 Å². The van der Waals surface area contributed by atoms with Crippen LogP contribution in [-0.4, -0.2) is 72.5 Å². The molecule has 3 rings (SSSR count). The zero-order valence-electron chi connectivity index (χ0n) is 19.1. The largest absolute Gasteiger partial charge is 0.394 e. The molecule has 2 heterocycles. The Morgan fingerprint density at radius 1 is 1.29 bits per heavy atom. The summed E-state index contributed by atoms with van der Waals surface area (Å²) in [6.07, 6.45) is 2.58. The monoisotopic (exact) mass is 484 g/mol. The number of nitrogens with two attached hydrogens (primary N) is 1. The average Bonchev–Trinajstić information content (AvgIpc) is 3.35. The minimum absolute atomic E-state index is 0.0246. The van der Waals surface area contributed by atoms with E-state index in [0.29, 0.717) is 49.0 Å². The molecule has 2 atom stereocenters. The zero-order valence-corrected chi connectivity index (χ0v) is 19.1. The summed E-state index contributed by atoms with van der Waals surface area (Å²) in [6, 6.07) is 6.55. The van der Waals surface area contributed by atoms with Crippen molar-refractivity contribution in [3.63, 3.8) is 0 Å². The van der Waals surface area contributed by atoms with Crippen LogP contribution < -0.4 is 16.7 Å². The number of anilines is 1. The number of benzene rings is 1. The molecular weight excluding hydrogens is 456 g/mol. The average molecular weight is 485 g/mol. The molecule has 4 N–H and O–H groups in total. The van der Waals surface area contributed by atoms with Gasteiger partial charge >= 0.3 is 5.69 Å². The van der Waals surface area contributed by atoms with E-state index in [0.717, 1.165) is 0 Å². The van der Waals surface area contributed by atoms with Crippen molar-refractivity contribution >= 4 is 18.0 Å². The maximum absolute atomic E-state index is 12.1. The highest BCUT2D eigenvalue weighted by atomic mass is 16.5. The van der Waals surface area contributed by atoms with E-state index in [4.69, 9.17) is 19.9 Å². The van der Waals surface area contributed by atoms with Crippen LogP contribution in [-0.2, 0) is 14.2 Å². The van der Waals surface area contributed by atoms with E-state index in [9.17, 15) is 19.5 Å². The van der Waals surface area contributed by atoms with Crippen molar-refractivity contribution in [2.75, 3.05) is 45.3 Å². The van der Waals surface area contributed by atoms with E-state index < -0.39 is 11.9 Å². The number of aliphatic hydroxyl groups excluding tert-OH is 1. The van der Waals surface area contributed by atoms with E-state index in [2.05, 4.69) is 22.1 Å². The van der Waals surface area contributed by atoms with Crippen LogP contribution in [0.1, 0.15) is 45.3 Å². The second-order valence-corrected chi connectivity index (χ2v) is 7.63. The van der Waals surface area contributed by atoms with Gasteiger partial charge in [0.15, 0.2) is 6.29 Å². The number of amides is 1. The van der Waals surface area contributed by atoms with Crippen LogP contribution in [0.15, 0.2) is 35.3 Å². The van der Waals surface area contributed by atoms with Gasteiger partial charge in [0.2, 0.25) is 0 Å². The predicted molar refractivity (Wildman–Crippen MR) is 126 cm³/mol. The van der Waals surface area contributed by atoms with E-state index in [1.54, 1.807) is 24.3 Å². The lowest BCUT2D eigenvalue weighted by Crippen LogP contribution is -2.28. The van der Waals surface area contributed by atoms with Crippen molar-refractivity contribution in [3.8, 4) is 11.8 Å². The Hall–Kier alpha value is -3.56. The van der Waals surface area contributed by atoms with Gasteiger partial charge in [0.05, 0.1) is 38.1 Å². The number of nitrogens with zero attached hydrogens (tertiary/aromatic N) is 2. The maximum atomic E-state index is 12.1. The fourth-order valence-corrected chi connectivity index (χ4v) is 3.42. The SMILES string of the molecule is Nc1nc(=O)n([C@H]2CC[C@@H](CO)O2)cc1C#CCOCCOCCNC(=O)c1ccccc1C=O. The standard InChI is InChI=1S/C24H28N4O7/c25-22-17(14-28(24(32)27-22)21-8-7-19(16-30)35-21)5-3-10-33-12-13-34-11-9-26-23(31)20-6-2-1-4-18(20)15-29/h1-2,4,6,14-15,19,21,30H,7-13,16H2,(H,26,31)(H2,25,27,32)/t19-,21+/m0/s1. The first-order chi connectivity index (χ1) is 17.0. The molecule has 11 nitrogen and oxygen atoms in total. The number of rotatable bonds is 11. The molecule has 1 saturated heterocycles. The highest BCUT2D eigenvalue weighted by molar-refractivity contribution is 6.01. The number of aliphatic hydroxyl groups is 1. The summed E-state index contributed by atoms with van der Waals surface area (Å²) in [5.74, 6) is 5.34. The fraction of sp³-hybridized carbons (Fsp3) is 0.417. The molecule has 0 aliphatic carbocycles. The van der Waals surface area contributed by atoms with Crippen molar-refractivity contribution in [2.24, 2.45) is 0 Å². The van der Waals surface area contributed by atoms with Crippen LogP contribution in [0.3, 0.4) is 0 Å². The number of nitrogen functional groups attached to an aromatic ring is 1. The summed E-state index contributed by atoms with van der Waals surface area (Å²) < 4.78 is 17.8. The number of aromatic nitrogens is 2. The molecule has 2 aromatic rings. The molecule has 1 amide bonds. The lowest BCUT2D eigenvalue weighted by molar-refractivity contribution is -0.0245. The second kappa shape index (κ2) is 13.4. The number of carbonyl (C=O) groups is 2. The van der Waals surface area contributed by atoms with Crippen LogP contribution in [0.2, 0.25) is 0 Å². The first-order valence-corrected chi connectivity index (χ1v) is 11.1. The number of hydrogen-bond acceptors (Lipinski definition) is 9. The molecule has 0 bridgehead atoms. The van der Waals surface area contributed by atoms with Gasteiger partial charge in [0, 0.05) is 23.9 Å². The Balaban J connectivity index is 1.35. The van der Waals surface area contributed by atoms with Crippen LogP contribution in [0.4, 0.5) is 5.82 Å². The van der Waals surface area contributed by atoms with E-state index in [1.165, 1.54) is 10.8 Å². The first-order valence-electron chi connectivity index (χ1n) is 11.1. The lowest BCUT2D eigenvalue weighted by atomic mass is 10.1. The highest BCUT2D eigenvalue weighted by Gasteiger charge is 2.27. The van der Waals surface area contributed by atoms with Crippen molar-refractivity contribution in [1.29, 1.82) is 0 Å². The van der Waals surface area contributed by atoms with Gasteiger partial charge in [-0.15, -0.1) is 0 Å². The molecule has 0 unspecified atom stereocenters. The second-order valence-electron chi connectivity index (χ2n) is 7.63. The van der Waals surface area contributed by atoms with Crippen LogP contribution in [0, 0.1) is 11.8 Å². The Labute approximate surface area is 202 Å². The van der Waals surface area contributed by atoms with Gasteiger partial charge in [0.1, 0.15) is 18.7 Å². The molecule has 35 heavy (non-hydrogen) atoms. The van der Waals surface area contributed by atoms with Gasteiger partial charge in [-0.2, -0.15) is 4.98 Å². The Bertz CT molecular complexity index is 1140. The van der Waals surface area contributed by atoms with E-state index in [-0.39, 0.29) is 44.2 Å². The quantitative estimate of drug-likeness (QED) is 0.229. The molecule has 1 aliphatic heterocycles. The molecule has 1 aromatic heterocycles. The summed E-state index contributed by atoms with van der Waals surface area (Å²) in [5, 5.41) is 11.9. The van der Waals surface area contributed by atoms with Gasteiger partial charge in [-0.05, 0) is 18.9 Å². The van der Waals surface area contributed by atoms with Crippen LogP contribution in [0.5, 0.6) is 0 Å². The molecule has 1 aromatic carbocycles. The number of hydrogen-bond donors (Lipinski definition) is 3. The Morgan fingerprint density at radius 2 is 2.09 bits per heavy atom. The lowest BCUT2D eigenvalue weighted by Gasteiger charge is -2.15. The Morgan fingerprint density at radius 3 is 2.86 bits per heavy atom. The molecule has 1 fully saturated rings. The van der Waals surface area contributed by atoms with Gasteiger partial charge < -0.3 is 30.4 Å². The van der Waals surface area contributed by atoms with Gasteiger partial charge in [-0.1, -0.05) is 30.0 Å². The topological polar surface area (TPSA) is 155 Å². The number of ether oxygens (including phenoxy) is 3. The summed E-state index contributed by atoms with van der Waals surface area (Å²) >= 11 is 0. The summed E-state index contributed by atoms with van der Waals surface area (Å²) in [5.41, 5.74) is 6.31. The summed E-state index contributed by atoms with van der Waals surface area (Å²) in [4.78, 5) is 39.0. The van der Waals surface area contributed by atoms with E-state index >= 15 is 0 Å². The smallest absolute Gasteiger partial charge is 0.351 e. The number of aldehydes is 1. The van der Waals surface area contributed by atoms with Gasteiger partial charge in [-0.3, -0.25) is 14.2 Å². The minimum atomic E-state index is -0.533. The van der Waals surface area contributed by atoms with Crippen LogP contribution >= 0.6 is 0 Å². The molecule has 186 valence electrons. The highest BCUT2D eigenvalue weighted by Crippen LogP contribution is 2.27. The summed E-state index contributed by atoms with van der Waals surface area (Å²) in [6.45, 7) is 1.19. The zero-order chi connectivity index (χ0) is 25.0. The van der Waals surface area contributed by atoms with Crippen molar-refractivity contribution in [2.45, 2.75) is 25.2 Å².